The first-order valence-corrected chi connectivity index (χ1v) is 10.3. The summed E-state index contributed by atoms with van der Waals surface area (Å²) in [4.78, 5) is 35.0. The van der Waals surface area contributed by atoms with Gasteiger partial charge in [0.1, 0.15) is 0 Å². The van der Waals surface area contributed by atoms with Crippen LogP contribution in [0.2, 0.25) is 0 Å². The van der Waals surface area contributed by atoms with E-state index in [2.05, 4.69) is 29.9 Å². The predicted octanol–water partition coefficient (Wildman–Crippen LogP) is 0.382. The van der Waals surface area contributed by atoms with Crippen LogP contribution in [0.1, 0.15) is 65.8 Å². The Balaban J connectivity index is 0.000000569. The summed E-state index contributed by atoms with van der Waals surface area (Å²) in [6, 6.07) is 8.68. The van der Waals surface area contributed by atoms with E-state index < -0.39 is 23.3 Å². The maximum Gasteiger partial charge on any atom is 1.00 e. The van der Waals surface area contributed by atoms with Crippen molar-refractivity contribution < 1.29 is 45.4 Å². The third kappa shape index (κ3) is 6.64. The standard InChI is InChI=1S/C12H12N2O3.C10H21N.Na.H/c1-2-12(8-6-4-3-5-7-8)9(15)13-11(17)14-10(12)16;1-9(11-2)8-10-6-4-3-5-7-10;;/h3-7H,2H2,1H3,(H2,13,14,15,16,17);9-11H,3-8H2,1-2H3;;/q;;+1;-1/t;9-;;/m.0../s1. The van der Waals surface area contributed by atoms with Crippen LogP contribution in [0.5, 0.6) is 0 Å². The minimum absolute atomic E-state index is 0. The maximum atomic E-state index is 12.0. The fourth-order valence-corrected chi connectivity index (χ4v) is 4.10. The Bertz CT molecular complexity index is 661. The number of carbonyl (C=O) groups excluding carboxylic acids is 3. The number of amides is 4. The van der Waals surface area contributed by atoms with E-state index in [-0.39, 0.29) is 31.0 Å². The topological polar surface area (TPSA) is 87.3 Å². The fourth-order valence-electron chi connectivity index (χ4n) is 4.10. The molecule has 1 atom stereocenters. The van der Waals surface area contributed by atoms with E-state index in [1.165, 1.54) is 38.5 Å². The van der Waals surface area contributed by atoms with Crippen LogP contribution in [0.15, 0.2) is 30.3 Å². The second kappa shape index (κ2) is 12.5. The van der Waals surface area contributed by atoms with Gasteiger partial charge in [-0.15, -0.1) is 0 Å². The van der Waals surface area contributed by atoms with Crippen LogP contribution in [-0.4, -0.2) is 30.9 Å². The van der Waals surface area contributed by atoms with Gasteiger partial charge in [-0.3, -0.25) is 20.2 Å². The van der Waals surface area contributed by atoms with Crippen molar-refractivity contribution in [1.82, 2.24) is 16.0 Å². The van der Waals surface area contributed by atoms with Gasteiger partial charge in [0.25, 0.3) is 0 Å². The minimum Gasteiger partial charge on any atom is -1.00 e. The smallest absolute Gasteiger partial charge is 1.00 e. The van der Waals surface area contributed by atoms with Crippen LogP contribution >= 0.6 is 0 Å². The number of urea groups is 1. The maximum absolute atomic E-state index is 12.0. The van der Waals surface area contributed by atoms with Gasteiger partial charge < -0.3 is 6.74 Å². The molecule has 0 unspecified atom stereocenters. The molecule has 1 saturated heterocycles. The second-order valence-electron chi connectivity index (χ2n) is 7.79. The molecule has 1 aliphatic heterocycles. The average molecular weight is 412 g/mol. The number of hydrogen-bond acceptors (Lipinski definition) is 4. The van der Waals surface area contributed by atoms with E-state index in [0.29, 0.717) is 12.0 Å². The molecule has 29 heavy (non-hydrogen) atoms. The summed E-state index contributed by atoms with van der Waals surface area (Å²) in [5.74, 6) is -0.119. The Labute approximate surface area is 197 Å². The molecular formula is C22H34N3NaO3. The fraction of sp³-hybridized carbons (Fsp3) is 0.591. The van der Waals surface area contributed by atoms with E-state index in [4.69, 9.17) is 0 Å². The number of carbonyl (C=O) groups is 3. The van der Waals surface area contributed by atoms with Crippen LogP contribution in [0.25, 0.3) is 0 Å². The van der Waals surface area contributed by atoms with Crippen molar-refractivity contribution in [2.24, 2.45) is 5.92 Å². The van der Waals surface area contributed by atoms with Crippen LogP contribution in [-0.2, 0) is 15.0 Å². The number of nitrogens with one attached hydrogen (secondary N) is 3. The first kappa shape index (κ1) is 25.8. The number of benzene rings is 1. The van der Waals surface area contributed by atoms with E-state index >= 15 is 0 Å². The first-order chi connectivity index (χ1) is 13.4. The summed E-state index contributed by atoms with van der Waals surface area (Å²) in [7, 11) is 2.06. The van der Waals surface area contributed by atoms with Crippen LogP contribution in [0, 0.1) is 5.92 Å². The Morgan fingerprint density at radius 3 is 2.10 bits per heavy atom. The van der Waals surface area contributed by atoms with Crippen molar-refractivity contribution in [3.8, 4) is 0 Å². The van der Waals surface area contributed by atoms with E-state index in [0.717, 1.165) is 12.0 Å². The molecule has 1 saturated carbocycles. The molecule has 4 amide bonds. The molecule has 2 fully saturated rings. The Kier molecular flexibility index (Phi) is 11.1. The van der Waals surface area contributed by atoms with Gasteiger partial charge in [0, 0.05) is 6.04 Å². The zero-order chi connectivity index (χ0) is 20.6. The van der Waals surface area contributed by atoms with Crippen molar-refractivity contribution in [1.29, 1.82) is 0 Å². The van der Waals surface area contributed by atoms with Gasteiger partial charge in [0.05, 0.1) is 0 Å². The molecule has 2 aliphatic rings. The molecule has 3 rings (SSSR count). The Hall–Kier alpha value is -1.21. The van der Waals surface area contributed by atoms with E-state index in [1.807, 2.05) is 0 Å². The second-order valence-corrected chi connectivity index (χ2v) is 7.79. The Morgan fingerprint density at radius 1 is 1.07 bits per heavy atom. The van der Waals surface area contributed by atoms with Crippen molar-refractivity contribution in [3.05, 3.63) is 35.9 Å². The van der Waals surface area contributed by atoms with E-state index in [1.54, 1.807) is 37.3 Å². The van der Waals surface area contributed by atoms with Gasteiger partial charge in [-0.05, 0) is 38.3 Å². The first-order valence-electron chi connectivity index (χ1n) is 10.3. The van der Waals surface area contributed by atoms with Crippen molar-refractivity contribution in [3.63, 3.8) is 0 Å². The molecule has 0 spiro atoms. The molecule has 1 aromatic carbocycles. The molecule has 7 heteroatoms. The third-order valence-electron chi connectivity index (χ3n) is 5.93. The third-order valence-corrected chi connectivity index (χ3v) is 5.93. The van der Waals surface area contributed by atoms with Crippen molar-refractivity contribution in [2.75, 3.05) is 7.05 Å². The molecule has 1 aromatic rings. The van der Waals surface area contributed by atoms with Crippen LogP contribution < -0.4 is 45.5 Å². The molecule has 156 valence electrons. The normalized spacial score (nSPS) is 19.8. The summed E-state index contributed by atoms with van der Waals surface area (Å²) in [5, 5.41) is 7.59. The Morgan fingerprint density at radius 2 is 1.62 bits per heavy atom. The molecule has 6 nitrogen and oxygen atoms in total. The van der Waals surface area contributed by atoms with Gasteiger partial charge >= 0.3 is 35.6 Å². The SMILES string of the molecule is CCC1(c2ccccc2)C(=O)NC(=O)NC1=O.CN[C@@H](C)CC1CCCCC1.[H-].[Na+]. The molecule has 0 bridgehead atoms. The molecular weight excluding hydrogens is 377 g/mol. The van der Waals surface area contributed by atoms with Crippen molar-refractivity contribution >= 4 is 17.8 Å². The molecule has 3 N–H and O–H groups in total. The van der Waals surface area contributed by atoms with Crippen molar-refractivity contribution in [2.45, 2.75) is 70.3 Å². The van der Waals surface area contributed by atoms with Gasteiger partial charge in [-0.1, -0.05) is 69.4 Å². The van der Waals surface area contributed by atoms with Gasteiger partial charge in [0.2, 0.25) is 11.8 Å². The largest absolute Gasteiger partial charge is 1.00 e. The summed E-state index contributed by atoms with van der Waals surface area (Å²) in [6.45, 7) is 4.02. The summed E-state index contributed by atoms with van der Waals surface area (Å²) in [5.41, 5.74) is -0.722. The van der Waals surface area contributed by atoms with Crippen LogP contribution in [0.3, 0.4) is 0 Å². The van der Waals surface area contributed by atoms with Gasteiger partial charge in [-0.2, -0.15) is 0 Å². The molecule has 1 heterocycles. The number of hydrogen-bond donors (Lipinski definition) is 3. The monoisotopic (exact) mass is 411 g/mol. The predicted molar refractivity (Wildman–Crippen MR) is 111 cm³/mol. The average Bonchev–Trinajstić information content (AvgIpc) is 2.70. The number of barbiturate groups is 1. The molecule has 0 radical (unpaired) electrons. The number of rotatable bonds is 5. The summed E-state index contributed by atoms with van der Waals surface area (Å²) in [6.07, 6.45) is 9.06. The summed E-state index contributed by atoms with van der Waals surface area (Å²) >= 11 is 0. The minimum atomic E-state index is -1.31. The zero-order valence-electron chi connectivity index (χ0n) is 19.2. The molecule has 0 aromatic heterocycles. The molecule has 1 aliphatic carbocycles. The van der Waals surface area contributed by atoms with Gasteiger partial charge in [-0.25, -0.2) is 4.79 Å². The quantitative estimate of drug-likeness (QED) is 0.483. The zero-order valence-corrected chi connectivity index (χ0v) is 20.2. The van der Waals surface area contributed by atoms with Gasteiger partial charge in [0.15, 0.2) is 5.41 Å². The summed E-state index contributed by atoms with van der Waals surface area (Å²) < 4.78 is 0. The van der Waals surface area contributed by atoms with Crippen LogP contribution in [0.4, 0.5) is 4.79 Å². The van der Waals surface area contributed by atoms with E-state index in [9.17, 15) is 14.4 Å². The number of imide groups is 2.